The van der Waals surface area contributed by atoms with Crippen LogP contribution in [0.15, 0.2) is 23.1 Å². The molecule has 0 unspecified atom stereocenters. The average Bonchev–Trinajstić information content (AvgIpc) is 2.11. The highest BCUT2D eigenvalue weighted by Crippen LogP contribution is 2.15. The van der Waals surface area contributed by atoms with E-state index in [2.05, 4.69) is 0 Å². The fraction of sp³-hybridized carbons (Fsp3) is 0.500. The van der Waals surface area contributed by atoms with Crippen molar-refractivity contribution >= 4 is 5.78 Å². The molecule has 0 amide bonds. The van der Waals surface area contributed by atoms with Crippen molar-refractivity contribution in [3.63, 3.8) is 0 Å². The molecule has 0 radical (unpaired) electrons. The maximum atomic E-state index is 11.7. The van der Waals surface area contributed by atoms with Gasteiger partial charge in [-0.3, -0.25) is 9.59 Å². The van der Waals surface area contributed by atoms with Gasteiger partial charge < -0.3 is 4.57 Å². The second kappa shape index (κ2) is 4.01. The molecule has 3 heteroatoms. The van der Waals surface area contributed by atoms with Gasteiger partial charge in [0.2, 0.25) is 0 Å². The van der Waals surface area contributed by atoms with E-state index in [1.54, 1.807) is 25.3 Å². The largest absolute Gasteiger partial charge is 0.308 e. The van der Waals surface area contributed by atoms with Gasteiger partial charge in [0.1, 0.15) is 0 Å². The molecule has 0 bridgehead atoms. The molecule has 0 saturated carbocycles. The van der Waals surface area contributed by atoms with Crippen LogP contribution in [0.5, 0.6) is 0 Å². The molecule has 0 atom stereocenters. The van der Waals surface area contributed by atoms with Crippen LogP contribution in [0.25, 0.3) is 0 Å². The standard InChI is InChI=1S/C12H17NO2/c1-9-6-5-7-13(11(9)15)8-10(14)12(2,3)4/h5-7H,8H2,1-4H3. The lowest BCUT2D eigenvalue weighted by atomic mass is 9.91. The second-order valence-electron chi connectivity index (χ2n) is 4.80. The molecule has 1 aromatic heterocycles. The van der Waals surface area contributed by atoms with E-state index >= 15 is 0 Å². The number of rotatable bonds is 2. The molecule has 3 nitrogen and oxygen atoms in total. The summed E-state index contributed by atoms with van der Waals surface area (Å²) in [7, 11) is 0. The minimum absolute atomic E-state index is 0.0650. The van der Waals surface area contributed by atoms with Crippen molar-refractivity contribution < 1.29 is 4.79 Å². The highest BCUT2D eigenvalue weighted by Gasteiger charge is 2.21. The van der Waals surface area contributed by atoms with Crippen LogP contribution < -0.4 is 5.56 Å². The third kappa shape index (κ3) is 2.78. The predicted molar refractivity (Wildman–Crippen MR) is 59.9 cm³/mol. The smallest absolute Gasteiger partial charge is 0.253 e. The van der Waals surface area contributed by atoms with E-state index in [1.807, 2.05) is 20.8 Å². The summed E-state index contributed by atoms with van der Waals surface area (Å²) in [6.07, 6.45) is 1.65. The molecule has 1 rings (SSSR count). The van der Waals surface area contributed by atoms with E-state index in [9.17, 15) is 9.59 Å². The lowest BCUT2D eigenvalue weighted by Crippen LogP contribution is -2.31. The Hall–Kier alpha value is -1.38. The summed E-state index contributed by atoms with van der Waals surface area (Å²) in [5.74, 6) is 0.0650. The normalized spacial score (nSPS) is 11.5. The maximum absolute atomic E-state index is 11.7. The Labute approximate surface area is 89.7 Å². The van der Waals surface area contributed by atoms with Crippen LogP contribution in [-0.2, 0) is 11.3 Å². The topological polar surface area (TPSA) is 39.1 Å². The third-order valence-corrected chi connectivity index (χ3v) is 2.36. The molecule has 0 N–H and O–H groups in total. The second-order valence-corrected chi connectivity index (χ2v) is 4.80. The van der Waals surface area contributed by atoms with E-state index < -0.39 is 5.41 Å². The Balaban J connectivity index is 2.97. The van der Waals surface area contributed by atoms with Gasteiger partial charge in [-0.2, -0.15) is 0 Å². The number of aromatic nitrogens is 1. The van der Waals surface area contributed by atoms with Crippen molar-refractivity contribution in [1.29, 1.82) is 0 Å². The Morgan fingerprint density at radius 1 is 1.40 bits per heavy atom. The van der Waals surface area contributed by atoms with Gasteiger partial charge in [0.25, 0.3) is 5.56 Å². The Morgan fingerprint density at radius 2 is 2.00 bits per heavy atom. The van der Waals surface area contributed by atoms with Gasteiger partial charge in [-0.05, 0) is 13.0 Å². The molecule has 0 aliphatic heterocycles. The zero-order valence-electron chi connectivity index (χ0n) is 9.70. The lowest BCUT2D eigenvalue weighted by molar-refractivity contribution is -0.126. The minimum Gasteiger partial charge on any atom is -0.308 e. The maximum Gasteiger partial charge on any atom is 0.253 e. The van der Waals surface area contributed by atoms with Crippen molar-refractivity contribution in [2.24, 2.45) is 5.41 Å². The van der Waals surface area contributed by atoms with Crippen LogP contribution in [0.2, 0.25) is 0 Å². The summed E-state index contributed by atoms with van der Waals surface area (Å²) in [6, 6.07) is 3.53. The van der Waals surface area contributed by atoms with Gasteiger partial charge in [-0.1, -0.05) is 26.8 Å². The molecule has 0 fully saturated rings. The highest BCUT2D eigenvalue weighted by molar-refractivity contribution is 5.83. The summed E-state index contributed by atoms with van der Waals surface area (Å²) in [4.78, 5) is 23.4. The van der Waals surface area contributed by atoms with Crippen molar-refractivity contribution in [1.82, 2.24) is 4.57 Å². The molecule has 15 heavy (non-hydrogen) atoms. The van der Waals surface area contributed by atoms with E-state index in [-0.39, 0.29) is 17.9 Å². The first-order valence-corrected chi connectivity index (χ1v) is 5.02. The van der Waals surface area contributed by atoms with Crippen molar-refractivity contribution in [2.75, 3.05) is 0 Å². The molecule has 0 saturated heterocycles. The average molecular weight is 207 g/mol. The monoisotopic (exact) mass is 207 g/mol. The van der Waals surface area contributed by atoms with Crippen molar-refractivity contribution in [3.05, 3.63) is 34.2 Å². The van der Waals surface area contributed by atoms with E-state index in [4.69, 9.17) is 0 Å². The third-order valence-electron chi connectivity index (χ3n) is 2.36. The lowest BCUT2D eigenvalue weighted by Gasteiger charge is -2.17. The SMILES string of the molecule is Cc1cccn(CC(=O)C(C)(C)C)c1=O. The number of pyridine rings is 1. The first-order chi connectivity index (χ1) is 6.82. The van der Waals surface area contributed by atoms with Crippen LogP contribution in [0.1, 0.15) is 26.3 Å². The van der Waals surface area contributed by atoms with Gasteiger partial charge in [-0.15, -0.1) is 0 Å². The van der Waals surface area contributed by atoms with Crippen LogP contribution in [-0.4, -0.2) is 10.4 Å². The van der Waals surface area contributed by atoms with Crippen LogP contribution in [0.3, 0.4) is 0 Å². The molecular formula is C12H17NO2. The van der Waals surface area contributed by atoms with Crippen molar-refractivity contribution in [3.8, 4) is 0 Å². The minimum atomic E-state index is -0.400. The van der Waals surface area contributed by atoms with Crippen molar-refractivity contribution in [2.45, 2.75) is 34.2 Å². The molecule has 0 aromatic carbocycles. The highest BCUT2D eigenvalue weighted by atomic mass is 16.1. The molecule has 0 aliphatic carbocycles. The van der Waals surface area contributed by atoms with E-state index in [0.29, 0.717) is 5.56 Å². The number of carbonyl (C=O) groups excluding carboxylic acids is 1. The summed E-state index contributed by atoms with van der Waals surface area (Å²) < 4.78 is 1.46. The van der Waals surface area contributed by atoms with Crippen LogP contribution in [0.4, 0.5) is 0 Å². The zero-order chi connectivity index (χ0) is 11.6. The molecular weight excluding hydrogens is 190 g/mol. The van der Waals surface area contributed by atoms with E-state index in [0.717, 1.165) is 0 Å². The van der Waals surface area contributed by atoms with E-state index in [1.165, 1.54) is 4.57 Å². The molecule has 1 heterocycles. The summed E-state index contributed by atoms with van der Waals surface area (Å²) in [5, 5.41) is 0. The summed E-state index contributed by atoms with van der Waals surface area (Å²) >= 11 is 0. The van der Waals surface area contributed by atoms with Crippen LogP contribution in [0, 0.1) is 12.3 Å². The Kier molecular flexibility index (Phi) is 3.12. The first kappa shape index (κ1) is 11.7. The molecule has 1 aromatic rings. The number of hydrogen-bond acceptors (Lipinski definition) is 2. The number of ketones is 1. The Morgan fingerprint density at radius 3 is 2.53 bits per heavy atom. The number of aryl methyl sites for hydroxylation is 1. The van der Waals surface area contributed by atoms with Gasteiger partial charge in [-0.25, -0.2) is 0 Å². The fourth-order valence-electron chi connectivity index (χ4n) is 1.17. The number of Topliss-reactive ketones (excluding diaryl/α,β-unsaturated/α-hetero) is 1. The fourth-order valence-corrected chi connectivity index (χ4v) is 1.17. The van der Waals surface area contributed by atoms with Crippen LogP contribution >= 0.6 is 0 Å². The van der Waals surface area contributed by atoms with Gasteiger partial charge in [0.15, 0.2) is 5.78 Å². The van der Waals surface area contributed by atoms with Gasteiger partial charge in [0, 0.05) is 17.2 Å². The molecule has 0 spiro atoms. The molecule has 82 valence electrons. The molecule has 0 aliphatic rings. The first-order valence-electron chi connectivity index (χ1n) is 5.02. The number of nitrogens with zero attached hydrogens (tertiary/aromatic N) is 1. The number of hydrogen-bond donors (Lipinski definition) is 0. The number of carbonyl (C=O) groups is 1. The summed E-state index contributed by atoms with van der Waals surface area (Å²) in [6.45, 7) is 7.48. The zero-order valence-corrected chi connectivity index (χ0v) is 9.70. The summed E-state index contributed by atoms with van der Waals surface area (Å²) in [5.41, 5.74) is 0.178. The van der Waals surface area contributed by atoms with Gasteiger partial charge in [0.05, 0.1) is 6.54 Å². The predicted octanol–water partition coefficient (Wildman–Crippen LogP) is 1.77. The Bertz CT molecular complexity index is 424. The quantitative estimate of drug-likeness (QED) is 0.741. The van der Waals surface area contributed by atoms with Gasteiger partial charge >= 0.3 is 0 Å².